The molecule has 0 saturated heterocycles. The molecule has 3 unspecified atom stereocenters. The Morgan fingerprint density at radius 3 is 2.53 bits per heavy atom. The summed E-state index contributed by atoms with van der Waals surface area (Å²) in [6.45, 7) is 6.77. The Balaban J connectivity index is 2.43. The van der Waals surface area contributed by atoms with Crippen molar-refractivity contribution in [1.82, 2.24) is 0 Å². The van der Waals surface area contributed by atoms with E-state index < -0.39 is 9.05 Å². The summed E-state index contributed by atoms with van der Waals surface area (Å²) in [5, 5.41) is 0. The standard InChI is InChI=1S/C14H27ClO3S/c1-4-12-6-5-7-14(8-12)18-9-13(11(2)3)10-19(15,16)17/h11-14H,4-10H2,1-3H3. The first kappa shape index (κ1) is 17.3. The first-order chi connectivity index (χ1) is 8.81. The van der Waals surface area contributed by atoms with Crippen LogP contribution in [-0.4, -0.2) is 26.9 Å². The molecule has 0 aromatic carbocycles. The van der Waals surface area contributed by atoms with E-state index in [0.29, 0.717) is 12.7 Å². The SMILES string of the molecule is CCC1CCCC(OCC(CS(=O)(=O)Cl)C(C)C)C1. The van der Waals surface area contributed by atoms with E-state index in [9.17, 15) is 8.42 Å². The highest BCUT2D eigenvalue weighted by molar-refractivity contribution is 8.13. The van der Waals surface area contributed by atoms with Crippen molar-refractivity contribution >= 4 is 19.7 Å². The average molecular weight is 311 g/mol. The third kappa shape index (κ3) is 6.96. The van der Waals surface area contributed by atoms with E-state index >= 15 is 0 Å². The van der Waals surface area contributed by atoms with Gasteiger partial charge in [-0.2, -0.15) is 0 Å². The molecule has 0 heterocycles. The third-order valence-corrected chi connectivity index (χ3v) is 5.42. The van der Waals surface area contributed by atoms with Gasteiger partial charge in [-0.3, -0.25) is 0 Å². The van der Waals surface area contributed by atoms with Gasteiger partial charge in [-0.1, -0.05) is 40.0 Å². The summed E-state index contributed by atoms with van der Waals surface area (Å²) in [6, 6.07) is 0. The summed E-state index contributed by atoms with van der Waals surface area (Å²) in [4.78, 5) is 0. The molecule has 0 N–H and O–H groups in total. The summed E-state index contributed by atoms with van der Waals surface area (Å²) in [5.74, 6) is 1.03. The predicted octanol–water partition coefficient (Wildman–Crippen LogP) is 3.81. The van der Waals surface area contributed by atoms with Crippen molar-refractivity contribution in [3.05, 3.63) is 0 Å². The molecule has 0 amide bonds. The van der Waals surface area contributed by atoms with Crippen molar-refractivity contribution in [1.29, 1.82) is 0 Å². The molecule has 0 bridgehead atoms. The minimum Gasteiger partial charge on any atom is -0.378 e. The van der Waals surface area contributed by atoms with Crippen molar-refractivity contribution < 1.29 is 13.2 Å². The van der Waals surface area contributed by atoms with Gasteiger partial charge < -0.3 is 4.74 Å². The van der Waals surface area contributed by atoms with Crippen LogP contribution in [0.4, 0.5) is 0 Å². The van der Waals surface area contributed by atoms with E-state index in [-0.39, 0.29) is 17.6 Å². The minimum absolute atomic E-state index is 0.00972. The van der Waals surface area contributed by atoms with Crippen LogP contribution in [0.1, 0.15) is 52.9 Å². The number of hydrogen-bond acceptors (Lipinski definition) is 3. The Morgan fingerprint density at radius 1 is 1.32 bits per heavy atom. The van der Waals surface area contributed by atoms with Crippen LogP contribution >= 0.6 is 10.7 Å². The zero-order valence-corrected chi connectivity index (χ0v) is 13.8. The Hall–Kier alpha value is 0.200. The maximum atomic E-state index is 11.2. The molecule has 1 fully saturated rings. The Morgan fingerprint density at radius 2 is 2.00 bits per heavy atom. The fraction of sp³-hybridized carbons (Fsp3) is 1.00. The number of rotatable bonds is 7. The van der Waals surface area contributed by atoms with E-state index in [1.54, 1.807) is 0 Å². The van der Waals surface area contributed by atoms with Gasteiger partial charge in [-0.15, -0.1) is 0 Å². The molecule has 0 aromatic rings. The molecule has 0 spiro atoms. The maximum absolute atomic E-state index is 11.2. The number of halogens is 1. The third-order valence-electron chi connectivity index (χ3n) is 4.21. The van der Waals surface area contributed by atoms with E-state index in [0.717, 1.165) is 18.8 Å². The molecule has 114 valence electrons. The first-order valence-electron chi connectivity index (χ1n) is 7.35. The first-order valence-corrected chi connectivity index (χ1v) is 9.83. The summed E-state index contributed by atoms with van der Waals surface area (Å²) < 4.78 is 28.4. The van der Waals surface area contributed by atoms with Crippen molar-refractivity contribution in [3.8, 4) is 0 Å². The highest BCUT2D eigenvalue weighted by Gasteiger charge is 2.25. The summed E-state index contributed by atoms with van der Waals surface area (Å²) >= 11 is 0. The van der Waals surface area contributed by atoms with Gasteiger partial charge >= 0.3 is 0 Å². The van der Waals surface area contributed by atoms with Crippen LogP contribution in [0, 0.1) is 17.8 Å². The summed E-state index contributed by atoms with van der Waals surface area (Å²) in [6.07, 6.45) is 6.27. The van der Waals surface area contributed by atoms with E-state index in [1.807, 2.05) is 13.8 Å². The monoisotopic (exact) mass is 310 g/mol. The van der Waals surface area contributed by atoms with Gasteiger partial charge in [0.25, 0.3) is 0 Å². The molecular formula is C14H27ClO3S. The smallest absolute Gasteiger partial charge is 0.232 e. The number of hydrogen-bond donors (Lipinski definition) is 0. The van der Waals surface area contributed by atoms with Gasteiger partial charge in [0, 0.05) is 10.7 Å². The molecular weight excluding hydrogens is 284 g/mol. The molecule has 0 radical (unpaired) electrons. The lowest BCUT2D eigenvalue weighted by Gasteiger charge is -2.30. The fourth-order valence-electron chi connectivity index (χ4n) is 2.71. The largest absolute Gasteiger partial charge is 0.378 e. The quantitative estimate of drug-likeness (QED) is 0.672. The second kappa shape index (κ2) is 7.84. The summed E-state index contributed by atoms with van der Waals surface area (Å²) in [5.41, 5.74) is 0. The molecule has 1 aliphatic rings. The molecule has 1 aliphatic carbocycles. The second-order valence-electron chi connectivity index (χ2n) is 6.11. The van der Waals surface area contributed by atoms with Crippen LogP contribution < -0.4 is 0 Å². The van der Waals surface area contributed by atoms with Crippen LogP contribution in [0.15, 0.2) is 0 Å². The van der Waals surface area contributed by atoms with Crippen molar-refractivity contribution in [2.45, 2.75) is 59.0 Å². The van der Waals surface area contributed by atoms with Crippen LogP contribution in [0.2, 0.25) is 0 Å². The highest BCUT2D eigenvalue weighted by atomic mass is 35.7. The van der Waals surface area contributed by atoms with Crippen molar-refractivity contribution in [2.24, 2.45) is 17.8 Å². The topological polar surface area (TPSA) is 43.4 Å². The van der Waals surface area contributed by atoms with Gasteiger partial charge in [0.2, 0.25) is 9.05 Å². The molecule has 19 heavy (non-hydrogen) atoms. The van der Waals surface area contributed by atoms with Gasteiger partial charge in [0.1, 0.15) is 0 Å². The zero-order valence-electron chi connectivity index (χ0n) is 12.3. The minimum atomic E-state index is -3.44. The zero-order chi connectivity index (χ0) is 14.5. The lowest BCUT2D eigenvalue weighted by atomic mass is 9.85. The number of ether oxygens (including phenoxy) is 1. The average Bonchev–Trinajstić information content (AvgIpc) is 2.33. The normalized spacial score (nSPS) is 26.6. The molecule has 1 saturated carbocycles. The van der Waals surface area contributed by atoms with Gasteiger partial charge in [0.15, 0.2) is 0 Å². The van der Waals surface area contributed by atoms with Crippen LogP contribution in [0.25, 0.3) is 0 Å². The Bertz CT molecular complexity index is 354. The van der Waals surface area contributed by atoms with Gasteiger partial charge in [-0.05, 0) is 30.6 Å². The van der Waals surface area contributed by atoms with Crippen LogP contribution in [-0.2, 0) is 13.8 Å². The fourth-order valence-corrected chi connectivity index (χ4v) is 4.19. The van der Waals surface area contributed by atoms with E-state index in [1.165, 1.54) is 19.3 Å². The Labute approximate surface area is 122 Å². The second-order valence-corrected chi connectivity index (χ2v) is 8.93. The highest BCUT2D eigenvalue weighted by Crippen LogP contribution is 2.29. The molecule has 3 nitrogen and oxygen atoms in total. The van der Waals surface area contributed by atoms with Crippen LogP contribution in [0.3, 0.4) is 0 Å². The van der Waals surface area contributed by atoms with Crippen molar-refractivity contribution in [2.75, 3.05) is 12.4 Å². The predicted molar refractivity (Wildman–Crippen MR) is 80.0 cm³/mol. The van der Waals surface area contributed by atoms with Gasteiger partial charge in [-0.25, -0.2) is 8.42 Å². The summed E-state index contributed by atoms with van der Waals surface area (Å²) in [7, 11) is 1.91. The lowest BCUT2D eigenvalue weighted by molar-refractivity contribution is -0.00914. The van der Waals surface area contributed by atoms with E-state index in [2.05, 4.69) is 6.92 Å². The van der Waals surface area contributed by atoms with Gasteiger partial charge in [0.05, 0.1) is 18.5 Å². The molecule has 3 atom stereocenters. The Kier molecular flexibility index (Phi) is 7.12. The molecule has 1 rings (SSSR count). The molecule has 0 aromatic heterocycles. The van der Waals surface area contributed by atoms with Crippen molar-refractivity contribution in [3.63, 3.8) is 0 Å². The maximum Gasteiger partial charge on any atom is 0.232 e. The van der Waals surface area contributed by atoms with Crippen LogP contribution in [0.5, 0.6) is 0 Å². The van der Waals surface area contributed by atoms with E-state index in [4.69, 9.17) is 15.4 Å². The lowest BCUT2D eigenvalue weighted by Crippen LogP contribution is -2.29. The molecule has 5 heteroatoms. The molecule has 0 aliphatic heterocycles.